The van der Waals surface area contributed by atoms with Crippen molar-refractivity contribution in [2.75, 3.05) is 25.1 Å². The van der Waals surface area contributed by atoms with E-state index in [1.807, 2.05) is 0 Å². The molecule has 6 nitrogen and oxygen atoms in total. The average Bonchev–Trinajstić information content (AvgIpc) is 2.26. The number of aliphatic hydroxyl groups is 2. The molecule has 16 heavy (non-hydrogen) atoms. The number of likely N-dealkylation sites (N-methyl/N-ethyl adjacent to an activating group) is 1. The highest BCUT2D eigenvalue weighted by Gasteiger charge is 2.21. The molecule has 90 valence electrons. The number of hydrogen-bond donors (Lipinski definition) is 5. The second kappa shape index (κ2) is 5.11. The summed E-state index contributed by atoms with van der Waals surface area (Å²) in [5.41, 5.74) is 12.7. The highest BCUT2D eigenvalue weighted by atomic mass is 16.3. The summed E-state index contributed by atoms with van der Waals surface area (Å²) < 4.78 is 0. The second-order valence-electron chi connectivity index (χ2n) is 3.71. The molecule has 2 unspecified atom stereocenters. The van der Waals surface area contributed by atoms with Gasteiger partial charge in [0.25, 0.3) is 0 Å². The molecule has 1 aromatic heterocycles. The van der Waals surface area contributed by atoms with E-state index in [0.29, 0.717) is 16.8 Å². The maximum atomic E-state index is 9.89. The van der Waals surface area contributed by atoms with Crippen LogP contribution in [-0.2, 0) is 0 Å². The molecule has 0 aliphatic heterocycles. The molecule has 0 bridgehead atoms. The van der Waals surface area contributed by atoms with Crippen molar-refractivity contribution in [1.29, 1.82) is 0 Å². The van der Waals surface area contributed by atoms with Crippen molar-refractivity contribution >= 4 is 11.5 Å². The highest BCUT2D eigenvalue weighted by molar-refractivity contribution is 5.64. The van der Waals surface area contributed by atoms with Gasteiger partial charge < -0.3 is 27.0 Å². The molecule has 1 rings (SSSR count). The van der Waals surface area contributed by atoms with Gasteiger partial charge in [-0.15, -0.1) is 0 Å². The monoisotopic (exact) mass is 226 g/mol. The average molecular weight is 226 g/mol. The number of aromatic nitrogens is 1. The predicted octanol–water partition coefficient (Wildman–Crippen LogP) is -0.832. The zero-order chi connectivity index (χ0) is 12.3. The molecular formula is C10H18N4O2. The summed E-state index contributed by atoms with van der Waals surface area (Å²) in [6, 6.07) is 0. The van der Waals surface area contributed by atoms with Crippen molar-refractivity contribution < 1.29 is 10.2 Å². The summed E-state index contributed by atoms with van der Waals surface area (Å²) in [4.78, 5) is 3.86. The van der Waals surface area contributed by atoms with Gasteiger partial charge in [0.1, 0.15) is 11.9 Å². The highest BCUT2D eigenvalue weighted by Crippen LogP contribution is 2.26. The zero-order valence-corrected chi connectivity index (χ0v) is 9.44. The molecule has 0 aromatic carbocycles. The Morgan fingerprint density at radius 1 is 1.44 bits per heavy atom. The van der Waals surface area contributed by atoms with E-state index in [9.17, 15) is 10.2 Å². The van der Waals surface area contributed by atoms with Crippen LogP contribution in [0, 0.1) is 6.92 Å². The first-order chi connectivity index (χ1) is 7.49. The Labute approximate surface area is 94.3 Å². The Bertz CT molecular complexity index is 370. The standard InChI is InChI=1S/C10H18N4O2/c1-5-6(3-14-10(12)8(5)11)9(16)7(15)4-13-2/h3,7,9,13,15-16H,4,11H2,1-2H3,(H2,12,14). The van der Waals surface area contributed by atoms with Gasteiger partial charge >= 0.3 is 0 Å². The lowest BCUT2D eigenvalue weighted by molar-refractivity contribution is 0.0197. The van der Waals surface area contributed by atoms with Gasteiger partial charge in [0, 0.05) is 18.3 Å². The minimum absolute atomic E-state index is 0.233. The van der Waals surface area contributed by atoms with Gasteiger partial charge in [-0.1, -0.05) is 0 Å². The number of nitrogens with zero attached hydrogens (tertiary/aromatic N) is 1. The third-order valence-electron chi connectivity index (χ3n) is 2.55. The fraction of sp³-hybridized carbons (Fsp3) is 0.500. The Kier molecular flexibility index (Phi) is 4.05. The summed E-state index contributed by atoms with van der Waals surface area (Å²) in [6.07, 6.45) is -0.499. The predicted molar refractivity (Wildman–Crippen MR) is 62.7 cm³/mol. The molecule has 0 spiro atoms. The number of hydrogen-bond acceptors (Lipinski definition) is 6. The molecule has 0 saturated heterocycles. The van der Waals surface area contributed by atoms with Crippen LogP contribution in [0.25, 0.3) is 0 Å². The summed E-state index contributed by atoms with van der Waals surface area (Å²) in [5.74, 6) is 0.233. The van der Waals surface area contributed by atoms with Crippen LogP contribution in [0.4, 0.5) is 11.5 Å². The van der Waals surface area contributed by atoms with Gasteiger partial charge in [0.2, 0.25) is 0 Å². The van der Waals surface area contributed by atoms with E-state index in [1.165, 1.54) is 6.20 Å². The summed E-state index contributed by atoms with van der Waals surface area (Å²) >= 11 is 0. The van der Waals surface area contributed by atoms with Crippen LogP contribution in [0.1, 0.15) is 17.2 Å². The topological polar surface area (TPSA) is 117 Å². The lowest BCUT2D eigenvalue weighted by Gasteiger charge is -2.20. The zero-order valence-electron chi connectivity index (χ0n) is 9.44. The molecule has 1 aromatic rings. The Morgan fingerprint density at radius 3 is 2.62 bits per heavy atom. The van der Waals surface area contributed by atoms with E-state index in [4.69, 9.17) is 11.5 Å². The molecule has 0 aliphatic rings. The van der Waals surface area contributed by atoms with E-state index in [0.717, 1.165) is 0 Å². The van der Waals surface area contributed by atoms with Gasteiger partial charge in [-0.05, 0) is 19.5 Å². The van der Waals surface area contributed by atoms with Crippen LogP contribution >= 0.6 is 0 Å². The molecule has 0 fully saturated rings. The first-order valence-corrected chi connectivity index (χ1v) is 5.00. The van der Waals surface area contributed by atoms with Crippen LogP contribution in [0.3, 0.4) is 0 Å². The molecule has 0 amide bonds. The first kappa shape index (κ1) is 12.7. The van der Waals surface area contributed by atoms with Crippen molar-refractivity contribution in [3.05, 3.63) is 17.3 Å². The van der Waals surface area contributed by atoms with Crippen molar-refractivity contribution in [2.24, 2.45) is 0 Å². The van der Waals surface area contributed by atoms with E-state index in [1.54, 1.807) is 14.0 Å². The van der Waals surface area contributed by atoms with E-state index in [2.05, 4.69) is 10.3 Å². The minimum Gasteiger partial charge on any atom is -0.396 e. The number of aliphatic hydroxyl groups excluding tert-OH is 2. The van der Waals surface area contributed by atoms with Crippen molar-refractivity contribution in [3.63, 3.8) is 0 Å². The van der Waals surface area contributed by atoms with E-state index in [-0.39, 0.29) is 12.4 Å². The largest absolute Gasteiger partial charge is 0.396 e. The summed E-state index contributed by atoms with van der Waals surface area (Å²) in [7, 11) is 1.69. The first-order valence-electron chi connectivity index (χ1n) is 5.00. The van der Waals surface area contributed by atoms with Crippen molar-refractivity contribution in [1.82, 2.24) is 10.3 Å². The minimum atomic E-state index is -1.03. The van der Waals surface area contributed by atoms with Crippen molar-refractivity contribution in [2.45, 2.75) is 19.1 Å². The molecule has 1 heterocycles. The quantitative estimate of drug-likeness (QED) is 0.457. The third kappa shape index (κ3) is 2.41. The van der Waals surface area contributed by atoms with Gasteiger partial charge in [-0.3, -0.25) is 0 Å². The van der Waals surface area contributed by atoms with Crippen LogP contribution in [0.5, 0.6) is 0 Å². The fourth-order valence-corrected chi connectivity index (χ4v) is 1.48. The number of pyridine rings is 1. The molecule has 7 N–H and O–H groups in total. The molecule has 0 radical (unpaired) electrons. The maximum absolute atomic E-state index is 9.89. The summed E-state index contributed by atoms with van der Waals surface area (Å²) in [5, 5.41) is 22.3. The Hall–Kier alpha value is -1.37. The van der Waals surface area contributed by atoms with Crippen LogP contribution in [0.15, 0.2) is 6.20 Å². The number of nitrogen functional groups attached to an aromatic ring is 2. The lowest BCUT2D eigenvalue weighted by Crippen LogP contribution is -2.30. The second-order valence-corrected chi connectivity index (χ2v) is 3.71. The van der Waals surface area contributed by atoms with Gasteiger partial charge in [-0.2, -0.15) is 0 Å². The van der Waals surface area contributed by atoms with E-state index >= 15 is 0 Å². The van der Waals surface area contributed by atoms with Gasteiger partial charge in [-0.25, -0.2) is 4.98 Å². The van der Waals surface area contributed by atoms with Crippen molar-refractivity contribution in [3.8, 4) is 0 Å². The van der Waals surface area contributed by atoms with Crippen LogP contribution < -0.4 is 16.8 Å². The molecule has 6 heteroatoms. The fourth-order valence-electron chi connectivity index (χ4n) is 1.48. The normalized spacial score (nSPS) is 14.8. The smallest absolute Gasteiger partial charge is 0.146 e. The molecule has 0 aliphatic carbocycles. The number of nitrogens with two attached hydrogens (primary N) is 2. The van der Waals surface area contributed by atoms with Gasteiger partial charge in [0.15, 0.2) is 0 Å². The number of anilines is 2. The third-order valence-corrected chi connectivity index (χ3v) is 2.55. The molecule has 0 saturated carbocycles. The van der Waals surface area contributed by atoms with Crippen LogP contribution in [0.2, 0.25) is 0 Å². The van der Waals surface area contributed by atoms with Crippen LogP contribution in [-0.4, -0.2) is 34.9 Å². The number of nitrogens with one attached hydrogen (secondary N) is 1. The number of rotatable bonds is 4. The lowest BCUT2D eigenvalue weighted by atomic mass is 10.0. The molecular weight excluding hydrogens is 208 g/mol. The summed E-state index contributed by atoms with van der Waals surface area (Å²) in [6.45, 7) is 2.02. The molecule has 2 atom stereocenters. The SMILES string of the molecule is CNCC(O)C(O)c1cnc(N)c(N)c1C. The van der Waals surface area contributed by atoms with E-state index < -0.39 is 12.2 Å². The van der Waals surface area contributed by atoms with Gasteiger partial charge in [0.05, 0.1) is 11.8 Å². The Morgan fingerprint density at radius 2 is 2.06 bits per heavy atom. The Balaban J connectivity index is 3.00. The maximum Gasteiger partial charge on any atom is 0.146 e.